The molecule has 0 spiro atoms. The van der Waals surface area contributed by atoms with Crippen LogP contribution in [-0.2, 0) is 11.3 Å². The van der Waals surface area contributed by atoms with Gasteiger partial charge < -0.3 is 0 Å². The molecule has 1 aliphatic rings. The Morgan fingerprint density at radius 3 is 2.48 bits per heavy atom. The second kappa shape index (κ2) is 5.30. The lowest BCUT2D eigenvalue weighted by atomic mass is 10.1. The molecule has 1 amide bonds. The summed E-state index contributed by atoms with van der Waals surface area (Å²) in [7, 11) is 0. The van der Waals surface area contributed by atoms with Gasteiger partial charge in [0.2, 0.25) is 0 Å². The number of pyridine rings is 1. The molecule has 0 unspecified atom stereocenters. The number of nitrogens with zero attached hydrogens (tertiary/aromatic N) is 2. The van der Waals surface area contributed by atoms with E-state index in [0.717, 1.165) is 0 Å². The fourth-order valence-electron chi connectivity index (χ4n) is 2.21. The van der Waals surface area contributed by atoms with Crippen LogP contribution in [0.4, 0.5) is 5.69 Å². The molecule has 1 aliphatic heterocycles. The van der Waals surface area contributed by atoms with E-state index in [-0.39, 0.29) is 27.3 Å². The second-order valence-corrected chi connectivity index (χ2v) is 5.60. The van der Waals surface area contributed by atoms with Crippen molar-refractivity contribution < 1.29 is 9.59 Å². The summed E-state index contributed by atoms with van der Waals surface area (Å²) in [5, 5.41) is 0.755. The Kier molecular flexibility index (Phi) is 3.61. The zero-order chi connectivity index (χ0) is 15.1. The van der Waals surface area contributed by atoms with Crippen molar-refractivity contribution in [3.63, 3.8) is 0 Å². The molecule has 0 saturated carbocycles. The van der Waals surface area contributed by atoms with Crippen molar-refractivity contribution in [3.8, 4) is 0 Å². The molecule has 0 N–H and O–H groups in total. The summed E-state index contributed by atoms with van der Waals surface area (Å²) < 4.78 is 0. The van der Waals surface area contributed by atoms with E-state index in [1.165, 1.54) is 11.0 Å². The Balaban J connectivity index is 2.10. The highest BCUT2D eigenvalue weighted by molar-refractivity contribution is 6.56. The summed E-state index contributed by atoms with van der Waals surface area (Å²) in [6.07, 6.45) is 1.54. The van der Waals surface area contributed by atoms with E-state index in [0.29, 0.717) is 11.3 Å². The first-order valence-electron chi connectivity index (χ1n) is 5.94. The number of ketones is 1. The van der Waals surface area contributed by atoms with Crippen molar-refractivity contribution >= 4 is 52.2 Å². The summed E-state index contributed by atoms with van der Waals surface area (Å²) in [6, 6.07) is 6.47. The number of aromatic nitrogens is 1. The van der Waals surface area contributed by atoms with Crippen molar-refractivity contribution in [3.05, 3.63) is 56.8 Å². The molecular weight excluding hydrogens is 335 g/mol. The van der Waals surface area contributed by atoms with Crippen LogP contribution in [0.2, 0.25) is 15.2 Å². The molecular formula is C14H7Cl3N2O2. The number of benzene rings is 1. The summed E-state index contributed by atoms with van der Waals surface area (Å²) in [5.41, 5.74) is 1.07. The molecule has 21 heavy (non-hydrogen) atoms. The average molecular weight is 342 g/mol. The molecule has 2 aromatic rings. The smallest absolute Gasteiger partial charge is 0.299 e. The first-order valence-corrected chi connectivity index (χ1v) is 7.07. The van der Waals surface area contributed by atoms with Crippen LogP contribution in [0, 0.1) is 0 Å². The van der Waals surface area contributed by atoms with Gasteiger partial charge >= 0.3 is 0 Å². The number of anilines is 1. The van der Waals surface area contributed by atoms with Crippen LogP contribution in [0.15, 0.2) is 30.5 Å². The van der Waals surface area contributed by atoms with E-state index in [2.05, 4.69) is 4.98 Å². The van der Waals surface area contributed by atoms with Gasteiger partial charge in [0.1, 0.15) is 5.15 Å². The van der Waals surface area contributed by atoms with Crippen molar-refractivity contribution in [2.75, 3.05) is 4.90 Å². The van der Waals surface area contributed by atoms with Gasteiger partial charge in [-0.2, -0.15) is 0 Å². The molecule has 2 heterocycles. The molecule has 0 saturated heterocycles. The number of halogens is 3. The molecule has 0 aliphatic carbocycles. The Morgan fingerprint density at radius 2 is 1.76 bits per heavy atom. The first-order chi connectivity index (χ1) is 10.0. The Bertz CT molecular complexity index is 777. The standard InChI is InChI=1S/C14H7Cl3N2O2/c15-8-3-4-9(16)11-10(8)12(20)14(21)19(11)6-7-2-1-5-18-13(7)17/h1-5H,6H2. The maximum atomic E-state index is 12.2. The summed E-state index contributed by atoms with van der Waals surface area (Å²) >= 11 is 18.1. The lowest BCUT2D eigenvalue weighted by Gasteiger charge is -2.18. The minimum absolute atomic E-state index is 0.101. The number of carbonyl (C=O) groups is 2. The fraction of sp³-hybridized carbons (Fsp3) is 0.0714. The zero-order valence-corrected chi connectivity index (χ0v) is 12.7. The van der Waals surface area contributed by atoms with Crippen LogP contribution >= 0.6 is 34.8 Å². The molecule has 7 heteroatoms. The van der Waals surface area contributed by atoms with E-state index < -0.39 is 11.7 Å². The van der Waals surface area contributed by atoms with Crippen molar-refractivity contribution in [1.82, 2.24) is 4.98 Å². The maximum absolute atomic E-state index is 12.2. The Morgan fingerprint density at radius 1 is 1.05 bits per heavy atom. The monoisotopic (exact) mass is 340 g/mol. The minimum atomic E-state index is -0.681. The van der Waals surface area contributed by atoms with E-state index in [1.807, 2.05) is 0 Å². The summed E-state index contributed by atoms with van der Waals surface area (Å²) in [6.45, 7) is 0.101. The molecule has 3 rings (SSSR count). The maximum Gasteiger partial charge on any atom is 0.299 e. The average Bonchev–Trinajstić information content (AvgIpc) is 2.71. The van der Waals surface area contributed by atoms with Crippen molar-refractivity contribution in [2.45, 2.75) is 6.54 Å². The third-order valence-corrected chi connectivity index (χ3v) is 4.14. The van der Waals surface area contributed by atoms with E-state index in [9.17, 15) is 9.59 Å². The van der Waals surface area contributed by atoms with Gasteiger partial charge in [-0.05, 0) is 18.2 Å². The molecule has 4 nitrogen and oxygen atoms in total. The van der Waals surface area contributed by atoms with Crippen LogP contribution in [0.3, 0.4) is 0 Å². The number of hydrogen-bond acceptors (Lipinski definition) is 3. The summed E-state index contributed by atoms with van der Waals surface area (Å²) in [5.74, 6) is -1.35. The number of Topliss-reactive ketones (excluding diaryl/α,β-unsaturated/α-hetero) is 1. The molecule has 1 aromatic carbocycles. The van der Waals surface area contributed by atoms with Crippen LogP contribution in [0.5, 0.6) is 0 Å². The van der Waals surface area contributed by atoms with Crippen LogP contribution < -0.4 is 4.90 Å². The fourth-order valence-corrected chi connectivity index (χ4v) is 2.89. The normalized spacial score (nSPS) is 13.8. The van der Waals surface area contributed by atoms with E-state index >= 15 is 0 Å². The molecule has 0 radical (unpaired) electrons. The molecule has 0 bridgehead atoms. The highest BCUT2D eigenvalue weighted by atomic mass is 35.5. The number of amides is 1. The zero-order valence-electron chi connectivity index (χ0n) is 10.4. The Hall–Kier alpha value is -1.62. The number of rotatable bonds is 2. The predicted octanol–water partition coefficient (Wildman–Crippen LogP) is 3.77. The second-order valence-electron chi connectivity index (χ2n) is 4.43. The van der Waals surface area contributed by atoms with E-state index in [1.54, 1.807) is 24.4 Å². The van der Waals surface area contributed by atoms with Gasteiger partial charge in [0, 0.05) is 11.8 Å². The van der Waals surface area contributed by atoms with Crippen molar-refractivity contribution in [2.24, 2.45) is 0 Å². The quantitative estimate of drug-likeness (QED) is 0.617. The SMILES string of the molecule is O=C1C(=O)N(Cc2cccnc2Cl)c2c(Cl)ccc(Cl)c21. The van der Waals surface area contributed by atoms with Gasteiger partial charge in [-0.25, -0.2) is 4.98 Å². The number of fused-ring (bicyclic) bond motifs is 1. The molecule has 1 aromatic heterocycles. The number of carbonyl (C=O) groups excluding carboxylic acids is 2. The highest BCUT2D eigenvalue weighted by Crippen LogP contribution is 2.40. The van der Waals surface area contributed by atoms with Gasteiger partial charge in [0.25, 0.3) is 11.7 Å². The lowest BCUT2D eigenvalue weighted by Crippen LogP contribution is -2.29. The lowest BCUT2D eigenvalue weighted by molar-refractivity contribution is -0.114. The minimum Gasteiger partial charge on any atom is -0.299 e. The Labute approximate surface area is 135 Å². The molecule has 0 atom stereocenters. The van der Waals surface area contributed by atoms with E-state index in [4.69, 9.17) is 34.8 Å². The van der Waals surface area contributed by atoms with Crippen LogP contribution in [-0.4, -0.2) is 16.7 Å². The largest absolute Gasteiger partial charge is 0.299 e. The highest BCUT2D eigenvalue weighted by Gasteiger charge is 2.39. The number of hydrogen-bond donors (Lipinski definition) is 0. The van der Waals surface area contributed by atoms with Crippen LogP contribution in [0.25, 0.3) is 0 Å². The van der Waals surface area contributed by atoms with Gasteiger partial charge in [-0.3, -0.25) is 14.5 Å². The van der Waals surface area contributed by atoms with Gasteiger partial charge in [-0.1, -0.05) is 40.9 Å². The summed E-state index contributed by atoms with van der Waals surface area (Å²) in [4.78, 5) is 29.5. The van der Waals surface area contributed by atoms with Crippen molar-refractivity contribution in [1.29, 1.82) is 0 Å². The van der Waals surface area contributed by atoms with Gasteiger partial charge in [0.15, 0.2) is 0 Å². The third kappa shape index (κ3) is 2.29. The van der Waals surface area contributed by atoms with Crippen LogP contribution in [0.1, 0.15) is 15.9 Å². The van der Waals surface area contributed by atoms with Gasteiger partial charge in [-0.15, -0.1) is 0 Å². The predicted molar refractivity (Wildman–Crippen MR) is 81.2 cm³/mol. The first kappa shape index (κ1) is 14.3. The molecule has 106 valence electrons. The van der Waals surface area contributed by atoms with Gasteiger partial charge in [0.05, 0.1) is 27.8 Å². The molecule has 0 fully saturated rings. The third-order valence-electron chi connectivity index (χ3n) is 3.18. The topological polar surface area (TPSA) is 50.3 Å².